The van der Waals surface area contributed by atoms with Crippen LogP contribution in [0.25, 0.3) is 11.1 Å². The van der Waals surface area contributed by atoms with Gasteiger partial charge in [0.05, 0.1) is 19.8 Å². The summed E-state index contributed by atoms with van der Waals surface area (Å²) in [4.78, 5) is 16.4. The van der Waals surface area contributed by atoms with Crippen LogP contribution in [0.15, 0.2) is 42.7 Å². The third-order valence-corrected chi connectivity index (χ3v) is 5.05. The SMILES string of the molecule is COc1ccc(CCn2c(C)c(C(N)=O)c(-c3cccnc3)c2C)cc1OC. The predicted octanol–water partition coefficient (Wildman–Crippen LogP) is 3.53. The van der Waals surface area contributed by atoms with Gasteiger partial charge in [-0.3, -0.25) is 9.78 Å². The number of benzene rings is 1. The van der Waals surface area contributed by atoms with E-state index in [2.05, 4.69) is 9.55 Å². The number of aromatic nitrogens is 2. The minimum atomic E-state index is -0.427. The molecule has 3 rings (SSSR count). The Morgan fingerprint density at radius 3 is 2.46 bits per heavy atom. The van der Waals surface area contributed by atoms with Crippen LogP contribution in [0.5, 0.6) is 11.5 Å². The Kier molecular flexibility index (Phi) is 5.68. The molecule has 0 aliphatic carbocycles. The van der Waals surface area contributed by atoms with Gasteiger partial charge in [0.2, 0.25) is 0 Å². The summed E-state index contributed by atoms with van der Waals surface area (Å²) in [6, 6.07) is 9.70. The van der Waals surface area contributed by atoms with Gasteiger partial charge >= 0.3 is 0 Å². The van der Waals surface area contributed by atoms with Crippen molar-refractivity contribution < 1.29 is 14.3 Å². The third kappa shape index (κ3) is 3.58. The zero-order valence-electron chi connectivity index (χ0n) is 16.7. The largest absolute Gasteiger partial charge is 0.493 e. The molecule has 2 heterocycles. The molecule has 0 radical (unpaired) electrons. The predicted molar refractivity (Wildman–Crippen MR) is 109 cm³/mol. The van der Waals surface area contributed by atoms with E-state index in [1.165, 1.54) is 0 Å². The molecule has 146 valence electrons. The normalized spacial score (nSPS) is 10.7. The zero-order chi connectivity index (χ0) is 20.3. The number of nitrogens with zero attached hydrogens (tertiary/aromatic N) is 2. The second-order valence-corrected chi connectivity index (χ2v) is 6.62. The summed E-state index contributed by atoms with van der Waals surface area (Å²) in [6.45, 7) is 4.66. The number of hydrogen-bond donors (Lipinski definition) is 1. The molecule has 0 bridgehead atoms. The maximum Gasteiger partial charge on any atom is 0.251 e. The van der Waals surface area contributed by atoms with Crippen molar-refractivity contribution in [2.75, 3.05) is 14.2 Å². The Labute approximate surface area is 164 Å². The molecule has 2 N–H and O–H groups in total. The fourth-order valence-corrected chi connectivity index (χ4v) is 3.66. The molecule has 0 saturated heterocycles. The van der Waals surface area contributed by atoms with Crippen LogP contribution in [-0.2, 0) is 13.0 Å². The second-order valence-electron chi connectivity index (χ2n) is 6.62. The number of primary amides is 1. The minimum Gasteiger partial charge on any atom is -0.493 e. The number of methoxy groups -OCH3 is 2. The van der Waals surface area contributed by atoms with Gasteiger partial charge in [0.25, 0.3) is 5.91 Å². The fourth-order valence-electron chi connectivity index (χ4n) is 3.66. The van der Waals surface area contributed by atoms with Gasteiger partial charge in [-0.15, -0.1) is 0 Å². The molecule has 0 aliphatic heterocycles. The van der Waals surface area contributed by atoms with Crippen molar-refractivity contribution in [3.63, 3.8) is 0 Å². The summed E-state index contributed by atoms with van der Waals surface area (Å²) >= 11 is 0. The second kappa shape index (κ2) is 8.17. The maximum absolute atomic E-state index is 12.2. The zero-order valence-corrected chi connectivity index (χ0v) is 16.7. The smallest absolute Gasteiger partial charge is 0.251 e. The number of amides is 1. The first-order chi connectivity index (χ1) is 13.5. The highest BCUT2D eigenvalue weighted by molar-refractivity contribution is 6.02. The molecule has 0 saturated carbocycles. The Balaban J connectivity index is 1.96. The van der Waals surface area contributed by atoms with Crippen LogP contribution in [0.1, 0.15) is 27.3 Å². The summed E-state index contributed by atoms with van der Waals surface area (Å²) in [5.41, 5.74) is 11.0. The van der Waals surface area contributed by atoms with Crippen molar-refractivity contribution in [3.05, 3.63) is 65.2 Å². The number of rotatable bonds is 7. The van der Waals surface area contributed by atoms with E-state index in [0.29, 0.717) is 23.6 Å². The van der Waals surface area contributed by atoms with Crippen LogP contribution >= 0.6 is 0 Å². The molecular formula is C22H25N3O3. The third-order valence-electron chi connectivity index (χ3n) is 5.05. The molecule has 28 heavy (non-hydrogen) atoms. The fraction of sp³-hybridized carbons (Fsp3) is 0.273. The van der Waals surface area contributed by atoms with Gasteiger partial charge in [-0.25, -0.2) is 0 Å². The summed E-state index contributed by atoms with van der Waals surface area (Å²) < 4.78 is 12.8. The Bertz CT molecular complexity index is 994. The molecule has 0 spiro atoms. The van der Waals surface area contributed by atoms with Crippen molar-refractivity contribution in [1.82, 2.24) is 9.55 Å². The van der Waals surface area contributed by atoms with Gasteiger partial charge in [-0.05, 0) is 44.0 Å². The number of nitrogens with two attached hydrogens (primary N) is 1. The summed E-state index contributed by atoms with van der Waals surface area (Å²) in [5, 5.41) is 0. The lowest BCUT2D eigenvalue weighted by Gasteiger charge is -2.12. The monoisotopic (exact) mass is 379 g/mol. The van der Waals surface area contributed by atoms with E-state index in [4.69, 9.17) is 15.2 Å². The van der Waals surface area contributed by atoms with E-state index in [1.54, 1.807) is 26.6 Å². The highest BCUT2D eigenvalue weighted by atomic mass is 16.5. The average Bonchev–Trinajstić information content (AvgIpc) is 2.96. The van der Waals surface area contributed by atoms with Crippen LogP contribution < -0.4 is 15.2 Å². The van der Waals surface area contributed by atoms with E-state index < -0.39 is 5.91 Å². The van der Waals surface area contributed by atoms with Crippen molar-refractivity contribution in [3.8, 4) is 22.6 Å². The van der Waals surface area contributed by atoms with E-state index >= 15 is 0 Å². The van der Waals surface area contributed by atoms with Crippen LogP contribution in [0.3, 0.4) is 0 Å². The molecule has 0 aliphatic rings. The highest BCUT2D eigenvalue weighted by Crippen LogP contribution is 2.32. The van der Waals surface area contributed by atoms with Crippen LogP contribution in [0.2, 0.25) is 0 Å². The maximum atomic E-state index is 12.2. The van der Waals surface area contributed by atoms with Crippen molar-refractivity contribution in [1.29, 1.82) is 0 Å². The number of hydrogen-bond acceptors (Lipinski definition) is 4. The lowest BCUT2D eigenvalue weighted by atomic mass is 10.0. The van der Waals surface area contributed by atoms with Crippen molar-refractivity contribution >= 4 is 5.91 Å². The quantitative estimate of drug-likeness (QED) is 0.681. The molecule has 0 unspecified atom stereocenters. The average molecular weight is 379 g/mol. The van der Waals surface area contributed by atoms with E-state index in [-0.39, 0.29) is 0 Å². The number of ether oxygens (including phenoxy) is 2. The molecule has 1 aromatic carbocycles. The molecule has 1 amide bonds. The lowest BCUT2D eigenvalue weighted by molar-refractivity contribution is 0.1000. The Morgan fingerprint density at radius 1 is 1.11 bits per heavy atom. The molecule has 6 heteroatoms. The number of pyridine rings is 1. The van der Waals surface area contributed by atoms with Crippen molar-refractivity contribution in [2.24, 2.45) is 5.73 Å². The number of carbonyl (C=O) groups is 1. The molecule has 2 aromatic heterocycles. The molecule has 0 atom stereocenters. The van der Waals surface area contributed by atoms with Gasteiger partial charge in [0.15, 0.2) is 11.5 Å². The van der Waals surface area contributed by atoms with Gasteiger partial charge in [0.1, 0.15) is 0 Å². The highest BCUT2D eigenvalue weighted by Gasteiger charge is 2.22. The Hall–Kier alpha value is -3.28. The number of aryl methyl sites for hydroxylation is 1. The van der Waals surface area contributed by atoms with Gasteiger partial charge in [0, 0.05) is 41.5 Å². The van der Waals surface area contributed by atoms with Gasteiger partial charge in [-0.2, -0.15) is 0 Å². The number of carbonyl (C=O) groups excluding carboxylic acids is 1. The van der Waals surface area contributed by atoms with Crippen LogP contribution in [-0.4, -0.2) is 29.7 Å². The molecular weight excluding hydrogens is 354 g/mol. The summed E-state index contributed by atoms with van der Waals surface area (Å²) in [6.07, 6.45) is 4.25. The van der Waals surface area contributed by atoms with Gasteiger partial charge in [-0.1, -0.05) is 12.1 Å². The Morgan fingerprint density at radius 2 is 1.86 bits per heavy atom. The van der Waals surface area contributed by atoms with Gasteiger partial charge < -0.3 is 19.8 Å². The van der Waals surface area contributed by atoms with Crippen LogP contribution in [0, 0.1) is 13.8 Å². The summed E-state index contributed by atoms with van der Waals surface area (Å²) in [5.74, 6) is 0.980. The molecule has 3 aromatic rings. The van der Waals surface area contributed by atoms with E-state index in [0.717, 1.165) is 34.5 Å². The van der Waals surface area contributed by atoms with Crippen molar-refractivity contribution in [2.45, 2.75) is 26.8 Å². The van der Waals surface area contributed by atoms with E-state index in [9.17, 15) is 4.79 Å². The standard InChI is InChI=1S/C22H25N3O3/c1-14-20(17-6-5-10-24-13-17)21(22(23)26)15(2)25(14)11-9-16-7-8-18(27-3)19(12-16)28-4/h5-8,10,12-13H,9,11H2,1-4H3,(H2,23,26). The van der Waals surface area contributed by atoms with Crippen LogP contribution in [0.4, 0.5) is 0 Å². The first-order valence-corrected chi connectivity index (χ1v) is 9.08. The lowest BCUT2D eigenvalue weighted by Crippen LogP contribution is -2.14. The summed E-state index contributed by atoms with van der Waals surface area (Å²) in [7, 11) is 3.25. The minimum absolute atomic E-state index is 0.427. The topological polar surface area (TPSA) is 79.4 Å². The first-order valence-electron chi connectivity index (χ1n) is 9.08. The first kappa shape index (κ1) is 19.5. The molecule has 6 nitrogen and oxygen atoms in total. The van der Waals surface area contributed by atoms with E-state index in [1.807, 2.05) is 44.2 Å². The molecule has 0 fully saturated rings.